The minimum Gasteiger partial charge on any atom is -0.480 e. The number of nitrogens with zero attached hydrogens (tertiary/aromatic N) is 1. The van der Waals surface area contributed by atoms with Crippen LogP contribution in [0, 0.1) is 0 Å². The first-order chi connectivity index (χ1) is 10.2. The third kappa shape index (κ3) is 3.08. The molecule has 9 heteroatoms. The van der Waals surface area contributed by atoms with E-state index in [0.717, 1.165) is 0 Å². The quantitative estimate of drug-likeness (QED) is 0.701. The molecule has 0 aliphatic carbocycles. The summed E-state index contributed by atoms with van der Waals surface area (Å²) >= 11 is 0. The Morgan fingerprint density at radius 1 is 1.27 bits per heavy atom. The zero-order chi connectivity index (χ0) is 16.5. The molecular weight excluding hydrogens is 310 g/mol. The van der Waals surface area contributed by atoms with Gasteiger partial charge in [0.15, 0.2) is 0 Å². The van der Waals surface area contributed by atoms with Gasteiger partial charge in [-0.1, -0.05) is 12.1 Å². The maximum atomic E-state index is 11.9. The zero-order valence-corrected chi connectivity index (χ0v) is 12.7. The van der Waals surface area contributed by atoms with E-state index in [-0.39, 0.29) is 10.7 Å². The summed E-state index contributed by atoms with van der Waals surface area (Å²) in [4.78, 5) is 26.7. The number of sulfonamides is 1. The number of hydrogen-bond donors (Lipinski definition) is 3. The van der Waals surface area contributed by atoms with E-state index in [4.69, 9.17) is 5.11 Å². The van der Waals surface area contributed by atoms with Crippen molar-refractivity contribution in [3.63, 3.8) is 0 Å². The van der Waals surface area contributed by atoms with Crippen molar-refractivity contribution in [2.45, 2.75) is 30.8 Å². The number of hydrogen-bond acceptors (Lipinski definition) is 5. The standard InChI is InChI=1S/C13H15N3O5S/c1-7(12(17)15-8(2)13(18)19)14-11-9-5-3-4-6-10(9)22(20,21)16-11/h3-8H,1-2H3,(H,14,16)(H,15,17)(H,18,19). The summed E-state index contributed by atoms with van der Waals surface area (Å²) in [5.74, 6) is -1.70. The van der Waals surface area contributed by atoms with Crippen LogP contribution in [0.5, 0.6) is 0 Å². The summed E-state index contributed by atoms with van der Waals surface area (Å²) in [6.45, 7) is 2.78. The van der Waals surface area contributed by atoms with Gasteiger partial charge in [-0.3, -0.25) is 19.3 Å². The normalized spacial score (nSPS) is 19.8. The molecule has 0 saturated carbocycles. The summed E-state index contributed by atoms with van der Waals surface area (Å²) < 4.78 is 26.1. The van der Waals surface area contributed by atoms with Crippen molar-refractivity contribution in [2.75, 3.05) is 0 Å². The van der Waals surface area contributed by atoms with E-state index in [1.165, 1.54) is 19.9 Å². The number of carbonyl (C=O) groups is 2. The second kappa shape index (κ2) is 5.76. The van der Waals surface area contributed by atoms with Crippen molar-refractivity contribution in [3.05, 3.63) is 29.8 Å². The Balaban J connectivity index is 2.24. The fourth-order valence-electron chi connectivity index (χ4n) is 1.88. The van der Waals surface area contributed by atoms with Gasteiger partial charge in [0.1, 0.15) is 17.9 Å². The Hall–Kier alpha value is -2.42. The number of carboxylic acids is 1. The molecule has 2 atom stereocenters. The molecule has 0 radical (unpaired) electrons. The molecule has 2 rings (SSSR count). The van der Waals surface area contributed by atoms with E-state index in [1.807, 2.05) is 0 Å². The monoisotopic (exact) mass is 325 g/mol. The van der Waals surface area contributed by atoms with Gasteiger partial charge in [0.2, 0.25) is 5.91 Å². The van der Waals surface area contributed by atoms with Gasteiger partial charge in [0, 0.05) is 5.56 Å². The number of aliphatic carboxylic acids is 1. The molecule has 0 spiro atoms. The average Bonchev–Trinajstić information content (AvgIpc) is 2.70. The molecule has 1 amide bonds. The molecule has 22 heavy (non-hydrogen) atoms. The summed E-state index contributed by atoms with van der Waals surface area (Å²) in [6, 6.07) is 4.28. The first-order valence-electron chi connectivity index (χ1n) is 6.45. The van der Waals surface area contributed by atoms with Crippen LogP contribution in [0.3, 0.4) is 0 Å². The first kappa shape index (κ1) is 16.0. The summed E-state index contributed by atoms with van der Waals surface area (Å²) in [5, 5.41) is 11.0. The smallest absolute Gasteiger partial charge is 0.325 e. The van der Waals surface area contributed by atoms with Gasteiger partial charge >= 0.3 is 5.97 Å². The van der Waals surface area contributed by atoms with Gasteiger partial charge in [-0.05, 0) is 26.0 Å². The number of aliphatic imine (C=N–C) groups is 1. The largest absolute Gasteiger partial charge is 0.480 e. The third-order valence-corrected chi connectivity index (χ3v) is 4.49. The van der Waals surface area contributed by atoms with Gasteiger partial charge < -0.3 is 10.4 Å². The van der Waals surface area contributed by atoms with Crippen LogP contribution in [0.2, 0.25) is 0 Å². The van der Waals surface area contributed by atoms with Crippen molar-refractivity contribution in [1.29, 1.82) is 0 Å². The molecule has 0 saturated heterocycles. The SMILES string of the molecule is CC(N=C1NS(=O)(=O)c2ccccc21)C(=O)NC(C)C(=O)O. The summed E-state index contributed by atoms with van der Waals surface area (Å²) in [5.41, 5.74) is 0.383. The Labute approximate surface area is 127 Å². The topological polar surface area (TPSA) is 125 Å². The molecule has 1 aromatic carbocycles. The highest BCUT2D eigenvalue weighted by Gasteiger charge is 2.31. The highest BCUT2D eigenvalue weighted by atomic mass is 32.2. The maximum absolute atomic E-state index is 11.9. The molecule has 1 aliphatic heterocycles. The van der Waals surface area contributed by atoms with Crippen LogP contribution in [0.4, 0.5) is 0 Å². The minimum atomic E-state index is -3.67. The Morgan fingerprint density at radius 2 is 1.91 bits per heavy atom. The van der Waals surface area contributed by atoms with Crippen molar-refractivity contribution in [1.82, 2.24) is 10.0 Å². The van der Waals surface area contributed by atoms with E-state index in [2.05, 4.69) is 15.0 Å². The predicted octanol–water partition coefficient (Wildman–Crippen LogP) is -0.297. The number of rotatable bonds is 4. The number of carbonyl (C=O) groups excluding carboxylic acids is 1. The van der Waals surface area contributed by atoms with Crippen LogP contribution in [0.15, 0.2) is 34.2 Å². The van der Waals surface area contributed by atoms with E-state index in [1.54, 1.807) is 18.2 Å². The van der Waals surface area contributed by atoms with Gasteiger partial charge in [-0.25, -0.2) is 8.42 Å². The summed E-state index contributed by atoms with van der Waals surface area (Å²) in [6.07, 6.45) is 0. The van der Waals surface area contributed by atoms with Crippen molar-refractivity contribution in [2.24, 2.45) is 4.99 Å². The van der Waals surface area contributed by atoms with Gasteiger partial charge in [-0.2, -0.15) is 0 Å². The number of benzene rings is 1. The fourth-order valence-corrected chi connectivity index (χ4v) is 3.12. The molecule has 0 fully saturated rings. The number of amidine groups is 1. The Bertz CT molecular complexity index is 757. The molecule has 1 aliphatic rings. The molecule has 3 N–H and O–H groups in total. The lowest BCUT2D eigenvalue weighted by molar-refractivity contribution is -0.141. The van der Waals surface area contributed by atoms with Crippen LogP contribution in [0.1, 0.15) is 19.4 Å². The second-order valence-corrected chi connectivity index (χ2v) is 6.47. The van der Waals surface area contributed by atoms with E-state index in [9.17, 15) is 18.0 Å². The zero-order valence-electron chi connectivity index (χ0n) is 11.9. The first-order valence-corrected chi connectivity index (χ1v) is 7.94. The number of fused-ring (bicyclic) bond motifs is 1. The van der Waals surface area contributed by atoms with Gasteiger partial charge in [0.05, 0.1) is 4.90 Å². The molecule has 0 aromatic heterocycles. The van der Waals surface area contributed by atoms with Gasteiger partial charge in [0.25, 0.3) is 10.0 Å². The highest BCUT2D eigenvalue weighted by molar-refractivity contribution is 7.90. The third-order valence-electron chi connectivity index (χ3n) is 3.09. The van der Waals surface area contributed by atoms with Crippen LogP contribution >= 0.6 is 0 Å². The van der Waals surface area contributed by atoms with Gasteiger partial charge in [-0.15, -0.1) is 0 Å². The minimum absolute atomic E-state index is 0.0706. The highest BCUT2D eigenvalue weighted by Crippen LogP contribution is 2.22. The van der Waals surface area contributed by atoms with Crippen LogP contribution in [-0.2, 0) is 19.6 Å². The van der Waals surface area contributed by atoms with Crippen LogP contribution < -0.4 is 10.0 Å². The molecule has 8 nitrogen and oxygen atoms in total. The lowest BCUT2D eigenvalue weighted by Crippen LogP contribution is -2.43. The molecule has 118 valence electrons. The van der Waals surface area contributed by atoms with Crippen LogP contribution in [-0.4, -0.2) is 43.3 Å². The fraction of sp³-hybridized carbons (Fsp3) is 0.308. The number of carboxylic acid groups (broad SMARTS) is 1. The maximum Gasteiger partial charge on any atom is 0.325 e. The molecular formula is C13H15N3O5S. The lowest BCUT2D eigenvalue weighted by atomic mass is 10.2. The van der Waals surface area contributed by atoms with Crippen molar-refractivity contribution < 1.29 is 23.1 Å². The molecule has 0 bridgehead atoms. The van der Waals surface area contributed by atoms with Crippen molar-refractivity contribution in [3.8, 4) is 0 Å². The number of amides is 1. The predicted molar refractivity (Wildman–Crippen MR) is 78.0 cm³/mol. The van der Waals surface area contributed by atoms with E-state index >= 15 is 0 Å². The van der Waals surface area contributed by atoms with E-state index in [0.29, 0.717) is 5.56 Å². The van der Waals surface area contributed by atoms with Crippen molar-refractivity contribution >= 4 is 27.7 Å². The Morgan fingerprint density at radius 3 is 2.55 bits per heavy atom. The molecule has 2 unspecified atom stereocenters. The lowest BCUT2D eigenvalue weighted by Gasteiger charge is -2.12. The average molecular weight is 325 g/mol. The van der Waals surface area contributed by atoms with E-state index < -0.39 is 34.0 Å². The summed E-state index contributed by atoms with van der Waals surface area (Å²) in [7, 11) is -3.67. The molecule has 1 heterocycles. The number of nitrogens with one attached hydrogen (secondary N) is 2. The van der Waals surface area contributed by atoms with Crippen LogP contribution in [0.25, 0.3) is 0 Å². The Kier molecular flexibility index (Phi) is 4.18. The second-order valence-electron chi connectivity index (χ2n) is 4.82. The molecule has 1 aromatic rings.